The van der Waals surface area contributed by atoms with E-state index in [1.807, 2.05) is 39.8 Å². The van der Waals surface area contributed by atoms with Crippen LogP contribution in [0.2, 0.25) is 0 Å². The minimum Gasteiger partial charge on any atom is -0.325 e. The zero-order valence-corrected chi connectivity index (χ0v) is 8.37. The van der Waals surface area contributed by atoms with Crippen molar-refractivity contribution in [3.05, 3.63) is 12.2 Å². The third-order valence-electron chi connectivity index (χ3n) is 1.72. The van der Waals surface area contributed by atoms with Gasteiger partial charge < -0.3 is 5.73 Å². The van der Waals surface area contributed by atoms with Crippen LogP contribution in [0.15, 0.2) is 12.2 Å². The van der Waals surface area contributed by atoms with Crippen LogP contribution in [0.3, 0.4) is 0 Å². The van der Waals surface area contributed by atoms with Crippen LogP contribution in [0.25, 0.3) is 0 Å². The highest BCUT2D eigenvalue weighted by atomic mass is 16.1. The Kier molecular flexibility index (Phi) is 4.83. The molecule has 0 aromatic heterocycles. The fraction of sp³-hybridized carbons (Fsp3) is 0.700. The summed E-state index contributed by atoms with van der Waals surface area (Å²) >= 11 is 0. The van der Waals surface area contributed by atoms with Gasteiger partial charge in [0, 0.05) is 17.9 Å². The molecule has 2 atom stereocenters. The van der Waals surface area contributed by atoms with E-state index in [9.17, 15) is 4.79 Å². The zero-order valence-electron chi connectivity index (χ0n) is 8.37. The van der Waals surface area contributed by atoms with E-state index in [1.165, 1.54) is 0 Å². The average molecular weight is 169 g/mol. The van der Waals surface area contributed by atoms with E-state index in [-0.39, 0.29) is 23.7 Å². The fourth-order valence-electron chi connectivity index (χ4n) is 0.963. The summed E-state index contributed by atoms with van der Waals surface area (Å²) in [6, 6.07) is 0.0346. The second kappa shape index (κ2) is 5.09. The Morgan fingerprint density at radius 3 is 2.00 bits per heavy atom. The topological polar surface area (TPSA) is 43.1 Å². The van der Waals surface area contributed by atoms with Crippen LogP contribution in [0.4, 0.5) is 0 Å². The third kappa shape index (κ3) is 4.29. The van der Waals surface area contributed by atoms with Crippen molar-refractivity contribution in [2.24, 2.45) is 17.6 Å². The van der Waals surface area contributed by atoms with Crippen LogP contribution in [0, 0.1) is 11.8 Å². The van der Waals surface area contributed by atoms with E-state index < -0.39 is 0 Å². The smallest absolute Gasteiger partial charge is 0.141 e. The molecule has 0 spiro atoms. The first-order valence-electron chi connectivity index (χ1n) is 4.42. The minimum atomic E-state index is -0.00370. The van der Waals surface area contributed by atoms with Crippen LogP contribution < -0.4 is 5.73 Å². The molecule has 0 saturated heterocycles. The van der Waals surface area contributed by atoms with Gasteiger partial charge in [-0.05, 0) is 6.92 Å². The summed E-state index contributed by atoms with van der Waals surface area (Å²) in [5.41, 5.74) is 5.52. The van der Waals surface area contributed by atoms with Crippen molar-refractivity contribution in [1.82, 2.24) is 0 Å². The van der Waals surface area contributed by atoms with E-state index in [4.69, 9.17) is 5.73 Å². The lowest BCUT2D eigenvalue weighted by molar-refractivity contribution is -0.123. The second-order valence-electron chi connectivity index (χ2n) is 3.59. The summed E-state index contributed by atoms with van der Waals surface area (Å²) in [4.78, 5) is 11.4. The molecule has 0 unspecified atom stereocenters. The van der Waals surface area contributed by atoms with Crippen LogP contribution >= 0.6 is 0 Å². The van der Waals surface area contributed by atoms with Gasteiger partial charge in [-0.15, -0.1) is 0 Å². The van der Waals surface area contributed by atoms with Crippen LogP contribution in [-0.2, 0) is 4.79 Å². The number of hydrogen-bond donors (Lipinski definition) is 1. The Morgan fingerprint density at radius 1 is 1.17 bits per heavy atom. The summed E-state index contributed by atoms with van der Waals surface area (Å²) in [7, 11) is 0. The number of carbonyl (C=O) groups is 1. The predicted molar refractivity (Wildman–Crippen MR) is 51.8 cm³/mol. The van der Waals surface area contributed by atoms with Crippen molar-refractivity contribution in [2.75, 3.05) is 0 Å². The van der Waals surface area contributed by atoms with Crippen molar-refractivity contribution < 1.29 is 4.79 Å². The van der Waals surface area contributed by atoms with Gasteiger partial charge in [-0.25, -0.2) is 0 Å². The van der Waals surface area contributed by atoms with Gasteiger partial charge in [0.2, 0.25) is 0 Å². The normalized spacial score (nSPS) is 16.8. The quantitative estimate of drug-likeness (QED) is 0.651. The first-order valence-corrected chi connectivity index (χ1v) is 4.42. The van der Waals surface area contributed by atoms with Crippen molar-refractivity contribution in [3.63, 3.8) is 0 Å². The van der Waals surface area contributed by atoms with Crippen molar-refractivity contribution in [2.45, 2.75) is 33.7 Å². The summed E-state index contributed by atoms with van der Waals surface area (Å²) < 4.78 is 0. The lowest BCUT2D eigenvalue weighted by atomic mass is 9.96. The predicted octanol–water partition coefficient (Wildman–Crippen LogP) is 1.75. The maximum Gasteiger partial charge on any atom is 0.141 e. The summed E-state index contributed by atoms with van der Waals surface area (Å²) in [5, 5.41) is 0. The molecule has 0 saturated carbocycles. The molecule has 2 heteroatoms. The van der Waals surface area contributed by atoms with E-state index in [0.717, 1.165) is 0 Å². The molecule has 12 heavy (non-hydrogen) atoms. The highest BCUT2D eigenvalue weighted by Gasteiger charge is 2.12. The Balaban J connectivity index is 4.04. The molecule has 0 amide bonds. The van der Waals surface area contributed by atoms with Gasteiger partial charge in [0.05, 0.1) is 0 Å². The van der Waals surface area contributed by atoms with Gasteiger partial charge >= 0.3 is 0 Å². The molecule has 70 valence electrons. The average Bonchev–Trinajstić information content (AvgIpc) is 1.98. The number of rotatable bonds is 4. The number of Topliss-reactive ketones (excluding diaryl/α,β-unsaturated/α-hetero) is 1. The molecular weight excluding hydrogens is 150 g/mol. The zero-order chi connectivity index (χ0) is 9.72. The molecular formula is C10H19NO. The largest absolute Gasteiger partial charge is 0.325 e. The van der Waals surface area contributed by atoms with Gasteiger partial charge in [0.25, 0.3) is 0 Å². The van der Waals surface area contributed by atoms with Crippen molar-refractivity contribution >= 4 is 5.78 Å². The first-order chi connectivity index (χ1) is 5.45. The first kappa shape index (κ1) is 11.4. The van der Waals surface area contributed by atoms with Crippen molar-refractivity contribution in [1.29, 1.82) is 0 Å². The van der Waals surface area contributed by atoms with Crippen LogP contribution in [-0.4, -0.2) is 11.8 Å². The van der Waals surface area contributed by atoms with E-state index in [1.54, 1.807) is 0 Å². The number of carbonyl (C=O) groups excluding carboxylic acids is 1. The minimum absolute atomic E-state index is 0.00370. The van der Waals surface area contributed by atoms with E-state index >= 15 is 0 Å². The third-order valence-corrected chi connectivity index (χ3v) is 1.72. The highest BCUT2D eigenvalue weighted by Crippen LogP contribution is 2.07. The molecule has 0 aliphatic rings. The number of hydrogen-bond acceptors (Lipinski definition) is 2. The Labute approximate surface area is 74.8 Å². The van der Waals surface area contributed by atoms with E-state index in [0.29, 0.717) is 0 Å². The highest BCUT2D eigenvalue weighted by molar-refractivity contribution is 5.83. The van der Waals surface area contributed by atoms with E-state index in [2.05, 4.69) is 0 Å². The molecule has 2 nitrogen and oxygen atoms in total. The lowest BCUT2D eigenvalue weighted by Crippen LogP contribution is -2.17. The van der Waals surface area contributed by atoms with Crippen LogP contribution in [0.5, 0.6) is 0 Å². The van der Waals surface area contributed by atoms with Crippen molar-refractivity contribution in [3.8, 4) is 0 Å². The van der Waals surface area contributed by atoms with Gasteiger partial charge in [-0.3, -0.25) is 4.79 Å². The number of ketones is 1. The molecule has 0 aliphatic carbocycles. The van der Waals surface area contributed by atoms with Gasteiger partial charge in [0.15, 0.2) is 0 Å². The van der Waals surface area contributed by atoms with Gasteiger partial charge in [0.1, 0.15) is 5.78 Å². The second-order valence-corrected chi connectivity index (χ2v) is 3.59. The van der Waals surface area contributed by atoms with Crippen LogP contribution in [0.1, 0.15) is 27.7 Å². The maximum absolute atomic E-state index is 11.4. The fourth-order valence-corrected chi connectivity index (χ4v) is 0.963. The standard InChI is InChI=1S/C10H19NO/c1-7(2)10(12)8(3)5-6-9(4)11/h5-9H,11H2,1-4H3/b6-5+/t8-,9+/m1/s1. The summed E-state index contributed by atoms with van der Waals surface area (Å²) in [6.07, 6.45) is 3.75. The van der Waals surface area contributed by atoms with Gasteiger partial charge in [-0.1, -0.05) is 32.9 Å². The molecule has 0 heterocycles. The molecule has 0 rings (SSSR count). The molecule has 0 bridgehead atoms. The SMILES string of the molecule is CC(C)C(=O)[C@H](C)/C=C/[C@H](C)N. The maximum atomic E-state index is 11.4. The summed E-state index contributed by atoms with van der Waals surface area (Å²) in [5.74, 6) is 0.376. The molecule has 2 N–H and O–H groups in total. The Hall–Kier alpha value is -0.630. The number of allylic oxidation sites excluding steroid dienone is 1. The molecule has 0 aromatic rings. The summed E-state index contributed by atoms with van der Waals surface area (Å²) in [6.45, 7) is 7.63. The number of nitrogens with two attached hydrogens (primary N) is 1. The molecule has 0 radical (unpaired) electrons. The molecule has 0 aromatic carbocycles. The monoisotopic (exact) mass is 169 g/mol. The molecule has 0 fully saturated rings. The Morgan fingerprint density at radius 2 is 1.67 bits per heavy atom. The lowest BCUT2D eigenvalue weighted by Gasteiger charge is -2.08. The van der Waals surface area contributed by atoms with Gasteiger partial charge in [-0.2, -0.15) is 0 Å². The Bertz CT molecular complexity index is 171. The molecule has 0 aliphatic heterocycles.